The van der Waals surface area contributed by atoms with Crippen molar-refractivity contribution in [3.63, 3.8) is 0 Å². The topological polar surface area (TPSA) is 73.0 Å². The third-order valence-electron chi connectivity index (χ3n) is 5.70. The molecule has 8 heteroatoms. The van der Waals surface area contributed by atoms with E-state index in [1.165, 1.54) is 5.56 Å². The maximum Gasteiger partial charge on any atom is 0.191 e. The lowest BCUT2D eigenvalue weighted by Gasteiger charge is -2.35. The fourth-order valence-electron chi connectivity index (χ4n) is 4.00. The normalized spacial score (nSPS) is 14.7. The van der Waals surface area contributed by atoms with Crippen molar-refractivity contribution in [2.24, 2.45) is 0 Å². The van der Waals surface area contributed by atoms with Crippen molar-refractivity contribution < 1.29 is 0 Å². The fraction of sp³-hybridized carbons (Fsp3) is 0.292. The smallest absolute Gasteiger partial charge is 0.191 e. The van der Waals surface area contributed by atoms with Crippen LogP contribution >= 0.6 is 11.8 Å². The highest BCUT2D eigenvalue weighted by Gasteiger charge is 2.19. The second kappa shape index (κ2) is 9.58. The van der Waals surface area contributed by atoms with E-state index in [2.05, 4.69) is 66.5 Å². The van der Waals surface area contributed by atoms with Crippen LogP contribution in [-0.4, -0.2) is 57.3 Å². The van der Waals surface area contributed by atoms with E-state index in [0.717, 1.165) is 66.4 Å². The van der Waals surface area contributed by atoms with Crippen LogP contribution in [-0.2, 0) is 13.1 Å². The lowest BCUT2D eigenvalue weighted by atomic mass is 10.2. The Labute approximate surface area is 192 Å². The summed E-state index contributed by atoms with van der Waals surface area (Å²) in [6.07, 6.45) is 2.01. The van der Waals surface area contributed by atoms with Crippen LogP contribution in [0.25, 0.3) is 11.0 Å². The van der Waals surface area contributed by atoms with Gasteiger partial charge >= 0.3 is 0 Å². The molecule has 4 aromatic rings. The van der Waals surface area contributed by atoms with Crippen molar-refractivity contribution in [1.29, 1.82) is 0 Å². The number of hydrogen-bond donors (Lipinski definition) is 2. The van der Waals surface area contributed by atoms with E-state index in [-0.39, 0.29) is 0 Å². The van der Waals surface area contributed by atoms with Gasteiger partial charge in [0.05, 0.1) is 17.6 Å². The summed E-state index contributed by atoms with van der Waals surface area (Å²) in [5.41, 5.74) is 3.39. The van der Waals surface area contributed by atoms with Crippen LogP contribution in [0.15, 0.2) is 65.8 Å². The summed E-state index contributed by atoms with van der Waals surface area (Å²) in [4.78, 5) is 22.3. The fourth-order valence-corrected chi connectivity index (χ4v) is 4.37. The maximum absolute atomic E-state index is 4.77. The number of hydrogen-bond acceptors (Lipinski definition) is 7. The van der Waals surface area contributed by atoms with Gasteiger partial charge in [0, 0.05) is 38.8 Å². The van der Waals surface area contributed by atoms with E-state index in [9.17, 15) is 0 Å². The molecule has 5 rings (SSSR count). The first-order valence-corrected chi connectivity index (χ1v) is 12.1. The summed E-state index contributed by atoms with van der Waals surface area (Å²) >= 11 is 1.57. The minimum atomic E-state index is 0.587. The SMILES string of the molecule is CSc1nc(NCc2nc3ccccc3[nH]2)cc(N2CCN(Cc3ccccc3)CC2)n1. The van der Waals surface area contributed by atoms with Crippen LogP contribution in [0.5, 0.6) is 0 Å². The van der Waals surface area contributed by atoms with E-state index in [1.54, 1.807) is 11.8 Å². The minimum Gasteiger partial charge on any atom is -0.363 e. The number of thioether (sulfide) groups is 1. The number of nitrogens with zero attached hydrogens (tertiary/aromatic N) is 5. The predicted molar refractivity (Wildman–Crippen MR) is 131 cm³/mol. The molecule has 0 radical (unpaired) electrons. The molecule has 2 aromatic carbocycles. The van der Waals surface area contributed by atoms with Gasteiger partial charge in [-0.1, -0.05) is 54.2 Å². The molecule has 1 aliphatic heterocycles. The van der Waals surface area contributed by atoms with Crippen LogP contribution in [0.3, 0.4) is 0 Å². The first-order valence-electron chi connectivity index (χ1n) is 10.9. The Morgan fingerprint density at radius 2 is 1.72 bits per heavy atom. The highest BCUT2D eigenvalue weighted by molar-refractivity contribution is 7.98. The molecule has 0 atom stereocenters. The lowest BCUT2D eigenvalue weighted by Crippen LogP contribution is -2.46. The van der Waals surface area contributed by atoms with Gasteiger partial charge in [-0.15, -0.1) is 0 Å². The number of para-hydroxylation sites is 2. The summed E-state index contributed by atoms with van der Waals surface area (Å²) in [5.74, 6) is 2.70. The second-order valence-corrected chi connectivity index (χ2v) is 8.67. The molecule has 0 spiro atoms. The average Bonchev–Trinajstić information content (AvgIpc) is 3.27. The van der Waals surface area contributed by atoms with Crippen molar-refractivity contribution in [3.8, 4) is 0 Å². The summed E-state index contributed by atoms with van der Waals surface area (Å²) in [6, 6.07) is 20.8. The Balaban J connectivity index is 1.24. The molecule has 1 aliphatic rings. The van der Waals surface area contributed by atoms with Gasteiger partial charge in [0.15, 0.2) is 5.16 Å². The molecule has 1 fully saturated rings. The highest BCUT2D eigenvalue weighted by atomic mass is 32.2. The standard InChI is InChI=1S/C24H27N7S/c1-32-24-28-21(25-16-22-26-19-9-5-6-10-20(19)27-22)15-23(29-24)31-13-11-30(12-14-31)17-18-7-3-2-4-8-18/h2-10,15H,11-14,16-17H2,1H3,(H,26,27)(H,25,28,29). The average molecular weight is 446 g/mol. The molecule has 0 bridgehead atoms. The quantitative estimate of drug-likeness (QED) is 0.329. The maximum atomic E-state index is 4.77. The monoisotopic (exact) mass is 445 g/mol. The van der Waals surface area contributed by atoms with Crippen molar-refractivity contribution in [2.45, 2.75) is 18.2 Å². The Hall–Kier alpha value is -3.10. The van der Waals surface area contributed by atoms with Crippen molar-refractivity contribution in [2.75, 3.05) is 42.7 Å². The number of imidazole rings is 1. The number of fused-ring (bicyclic) bond motifs is 1. The van der Waals surface area contributed by atoms with Gasteiger partial charge in [-0.3, -0.25) is 4.90 Å². The zero-order chi connectivity index (χ0) is 21.8. The summed E-state index contributed by atoms with van der Waals surface area (Å²) in [6.45, 7) is 5.55. The predicted octanol–water partition coefficient (Wildman–Crippen LogP) is 4.01. The Morgan fingerprint density at radius 3 is 2.50 bits per heavy atom. The van der Waals surface area contributed by atoms with Crippen molar-refractivity contribution in [1.82, 2.24) is 24.8 Å². The molecule has 0 aliphatic carbocycles. The van der Waals surface area contributed by atoms with Crippen LogP contribution in [0.1, 0.15) is 11.4 Å². The van der Waals surface area contributed by atoms with Crippen LogP contribution in [0, 0.1) is 0 Å². The summed E-state index contributed by atoms with van der Waals surface area (Å²) < 4.78 is 0. The molecule has 3 heterocycles. The molecule has 0 unspecified atom stereocenters. The van der Waals surface area contributed by atoms with Gasteiger partial charge in [0.2, 0.25) is 0 Å². The minimum absolute atomic E-state index is 0.587. The molecule has 164 valence electrons. The zero-order valence-corrected chi connectivity index (χ0v) is 19.0. The first kappa shape index (κ1) is 20.8. The number of aromatic amines is 1. The zero-order valence-electron chi connectivity index (χ0n) is 18.2. The van der Waals surface area contributed by atoms with E-state index in [0.29, 0.717) is 6.54 Å². The Bertz CT molecular complexity index is 1140. The number of piperazine rings is 1. The van der Waals surface area contributed by atoms with Gasteiger partial charge < -0.3 is 15.2 Å². The number of anilines is 2. The third kappa shape index (κ3) is 4.87. The molecular weight excluding hydrogens is 418 g/mol. The van der Waals surface area contributed by atoms with E-state index in [4.69, 9.17) is 4.98 Å². The van der Waals surface area contributed by atoms with Gasteiger partial charge in [0.25, 0.3) is 0 Å². The molecule has 2 aromatic heterocycles. The van der Waals surface area contributed by atoms with Crippen molar-refractivity contribution >= 4 is 34.4 Å². The second-order valence-electron chi connectivity index (χ2n) is 7.90. The summed E-state index contributed by atoms with van der Waals surface area (Å²) in [5, 5.41) is 4.20. The van der Waals surface area contributed by atoms with Gasteiger partial charge in [-0.2, -0.15) is 0 Å². The number of H-pyrrole nitrogens is 1. The number of nitrogens with one attached hydrogen (secondary N) is 2. The number of rotatable bonds is 7. The van der Waals surface area contributed by atoms with E-state index < -0.39 is 0 Å². The Kier molecular flexibility index (Phi) is 6.22. The first-order chi connectivity index (χ1) is 15.8. The van der Waals surface area contributed by atoms with Gasteiger partial charge in [-0.05, 0) is 24.0 Å². The molecule has 7 nitrogen and oxygen atoms in total. The Morgan fingerprint density at radius 1 is 0.938 bits per heavy atom. The van der Waals surface area contributed by atoms with Gasteiger partial charge in [-0.25, -0.2) is 15.0 Å². The third-order valence-corrected chi connectivity index (χ3v) is 6.24. The highest BCUT2D eigenvalue weighted by Crippen LogP contribution is 2.22. The molecule has 0 amide bonds. The van der Waals surface area contributed by atoms with Crippen LogP contribution in [0.2, 0.25) is 0 Å². The molecular formula is C24H27N7S. The molecule has 32 heavy (non-hydrogen) atoms. The van der Waals surface area contributed by atoms with Crippen LogP contribution in [0.4, 0.5) is 11.6 Å². The molecule has 2 N–H and O–H groups in total. The molecule has 1 saturated heterocycles. The molecule has 0 saturated carbocycles. The number of aromatic nitrogens is 4. The van der Waals surface area contributed by atoms with Crippen LogP contribution < -0.4 is 10.2 Å². The number of benzene rings is 2. The largest absolute Gasteiger partial charge is 0.363 e. The lowest BCUT2D eigenvalue weighted by molar-refractivity contribution is 0.249. The summed E-state index contributed by atoms with van der Waals surface area (Å²) in [7, 11) is 0. The van der Waals surface area contributed by atoms with Gasteiger partial charge in [0.1, 0.15) is 17.5 Å². The van der Waals surface area contributed by atoms with E-state index >= 15 is 0 Å². The van der Waals surface area contributed by atoms with E-state index in [1.807, 2.05) is 30.5 Å². The van der Waals surface area contributed by atoms with Crippen molar-refractivity contribution in [3.05, 3.63) is 72.1 Å².